The maximum absolute atomic E-state index is 11.0. The fourth-order valence-electron chi connectivity index (χ4n) is 3.94. The van der Waals surface area contributed by atoms with Crippen LogP contribution in [-0.4, -0.2) is 17.7 Å². The summed E-state index contributed by atoms with van der Waals surface area (Å²) in [4.78, 5) is 11.0. The third-order valence-corrected chi connectivity index (χ3v) is 5.90. The van der Waals surface area contributed by atoms with Crippen LogP contribution in [0.4, 0.5) is 0 Å². The van der Waals surface area contributed by atoms with Gasteiger partial charge in [-0.15, -0.1) is 0 Å². The number of aromatic carboxylic acids is 1. The van der Waals surface area contributed by atoms with Gasteiger partial charge in [0.1, 0.15) is 5.75 Å². The predicted octanol–water partition coefficient (Wildman–Crippen LogP) is 6.30. The summed E-state index contributed by atoms with van der Waals surface area (Å²) in [7, 11) is 0. The molecule has 0 aliphatic heterocycles. The molecule has 0 saturated carbocycles. The van der Waals surface area contributed by atoms with Gasteiger partial charge >= 0.3 is 5.97 Å². The van der Waals surface area contributed by atoms with Crippen LogP contribution >= 0.6 is 0 Å². The SMILES string of the molecule is CCOc1cc2c(cc1C=Cc1ccc(C(=O)O)cc1)C(C)(C)CCC2(C)C. The second-order valence-electron chi connectivity index (χ2n) is 8.90. The van der Waals surface area contributed by atoms with Gasteiger partial charge in [0.2, 0.25) is 0 Å². The van der Waals surface area contributed by atoms with Gasteiger partial charge in [0.15, 0.2) is 0 Å². The maximum Gasteiger partial charge on any atom is 0.335 e. The van der Waals surface area contributed by atoms with Gasteiger partial charge in [0.25, 0.3) is 0 Å². The second-order valence-corrected chi connectivity index (χ2v) is 8.90. The fourth-order valence-corrected chi connectivity index (χ4v) is 3.94. The summed E-state index contributed by atoms with van der Waals surface area (Å²) in [6.07, 6.45) is 6.42. The number of carboxylic acids is 1. The number of carboxylic acid groups (broad SMARTS) is 1. The van der Waals surface area contributed by atoms with Crippen LogP contribution in [0.5, 0.6) is 5.75 Å². The molecule has 3 nitrogen and oxygen atoms in total. The minimum absolute atomic E-state index is 0.140. The Morgan fingerprint density at radius 1 is 1.00 bits per heavy atom. The van der Waals surface area contributed by atoms with E-state index >= 15 is 0 Å². The molecule has 0 atom stereocenters. The van der Waals surface area contributed by atoms with Crippen LogP contribution in [0.15, 0.2) is 36.4 Å². The highest BCUT2D eigenvalue weighted by atomic mass is 16.5. The van der Waals surface area contributed by atoms with E-state index in [0.29, 0.717) is 12.2 Å². The molecule has 28 heavy (non-hydrogen) atoms. The summed E-state index contributed by atoms with van der Waals surface area (Å²) in [6.45, 7) is 11.9. The van der Waals surface area contributed by atoms with Gasteiger partial charge in [-0.3, -0.25) is 0 Å². The lowest BCUT2D eigenvalue weighted by Crippen LogP contribution is -2.34. The van der Waals surface area contributed by atoms with Crippen LogP contribution in [-0.2, 0) is 10.8 Å². The van der Waals surface area contributed by atoms with Gasteiger partial charge in [-0.25, -0.2) is 4.79 Å². The third kappa shape index (κ3) is 3.99. The lowest BCUT2D eigenvalue weighted by molar-refractivity contribution is 0.0697. The van der Waals surface area contributed by atoms with Crippen molar-refractivity contribution in [1.29, 1.82) is 0 Å². The predicted molar refractivity (Wildman–Crippen MR) is 115 cm³/mol. The number of fused-ring (bicyclic) bond motifs is 1. The van der Waals surface area contributed by atoms with E-state index in [1.54, 1.807) is 12.1 Å². The summed E-state index contributed by atoms with van der Waals surface area (Å²) in [5.41, 5.74) is 5.39. The van der Waals surface area contributed by atoms with Crippen molar-refractivity contribution in [3.8, 4) is 5.75 Å². The molecule has 0 heterocycles. The van der Waals surface area contributed by atoms with Gasteiger partial charge in [0.05, 0.1) is 12.2 Å². The minimum Gasteiger partial charge on any atom is -0.493 e. The van der Waals surface area contributed by atoms with Crippen molar-refractivity contribution >= 4 is 18.1 Å². The van der Waals surface area contributed by atoms with E-state index in [4.69, 9.17) is 9.84 Å². The minimum atomic E-state index is -0.909. The zero-order chi connectivity index (χ0) is 20.5. The summed E-state index contributed by atoms with van der Waals surface area (Å²) in [5.74, 6) is -0.000809. The Balaban J connectivity index is 2.03. The first-order valence-corrected chi connectivity index (χ1v) is 9.97. The topological polar surface area (TPSA) is 46.5 Å². The monoisotopic (exact) mass is 378 g/mol. The molecule has 3 rings (SSSR count). The molecule has 0 bridgehead atoms. The molecular weight excluding hydrogens is 348 g/mol. The largest absolute Gasteiger partial charge is 0.493 e. The first-order chi connectivity index (χ1) is 13.1. The number of rotatable bonds is 5. The summed E-state index contributed by atoms with van der Waals surface area (Å²) in [5, 5.41) is 9.05. The Morgan fingerprint density at radius 2 is 1.57 bits per heavy atom. The van der Waals surface area contributed by atoms with Crippen molar-refractivity contribution in [2.45, 2.75) is 58.3 Å². The van der Waals surface area contributed by atoms with E-state index in [2.05, 4.69) is 45.9 Å². The molecule has 0 spiro atoms. The van der Waals surface area contributed by atoms with Gasteiger partial charge in [-0.05, 0) is 71.6 Å². The van der Waals surface area contributed by atoms with Crippen LogP contribution in [0.25, 0.3) is 12.2 Å². The highest BCUT2D eigenvalue weighted by Gasteiger charge is 2.37. The molecule has 0 unspecified atom stereocenters. The van der Waals surface area contributed by atoms with E-state index in [9.17, 15) is 4.79 Å². The van der Waals surface area contributed by atoms with Crippen molar-refractivity contribution in [2.75, 3.05) is 6.61 Å². The Kier molecular flexibility index (Phi) is 5.38. The molecule has 1 aliphatic rings. The Hall–Kier alpha value is -2.55. The summed E-state index contributed by atoms with van der Waals surface area (Å²) in [6, 6.07) is 11.4. The molecule has 148 valence electrons. The van der Waals surface area contributed by atoms with Crippen LogP contribution in [0, 0.1) is 0 Å². The van der Waals surface area contributed by atoms with Crippen LogP contribution in [0.2, 0.25) is 0 Å². The Morgan fingerprint density at radius 3 is 2.11 bits per heavy atom. The van der Waals surface area contributed by atoms with E-state index in [1.807, 2.05) is 25.1 Å². The Labute approximate surface area is 168 Å². The standard InChI is InChI=1S/C25H30O3/c1-6-28-22-16-21-20(24(2,3)13-14-25(21,4)5)15-19(22)12-9-17-7-10-18(11-8-17)23(26)27/h7-12,15-16H,6,13-14H2,1-5H3,(H,26,27). The quantitative estimate of drug-likeness (QED) is 0.621. The molecular formula is C25H30O3. The highest BCUT2D eigenvalue weighted by molar-refractivity contribution is 5.88. The zero-order valence-electron chi connectivity index (χ0n) is 17.5. The molecule has 1 N–H and O–H groups in total. The average Bonchev–Trinajstić information content (AvgIpc) is 2.65. The molecule has 0 saturated heterocycles. The number of hydrogen-bond acceptors (Lipinski definition) is 2. The van der Waals surface area contributed by atoms with E-state index in [1.165, 1.54) is 24.0 Å². The van der Waals surface area contributed by atoms with Crippen LogP contribution < -0.4 is 4.74 Å². The van der Waals surface area contributed by atoms with E-state index in [-0.39, 0.29) is 10.8 Å². The molecule has 2 aromatic carbocycles. The molecule has 0 aromatic heterocycles. The highest BCUT2D eigenvalue weighted by Crippen LogP contribution is 2.47. The number of ether oxygens (including phenoxy) is 1. The second kappa shape index (κ2) is 7.46. The molecule has 2 aromatic rings. The lowest BCUT2D eigenvalue weighted by atomic mass is 9.63. The van der Waals surface area contributed by atoms with Crippen molar-refractivity contribution < 1.29 is 14.6 Å². The zero-order valence-corrected chi connectivity index (χ0v) is 17.5. The summed E-state index contributed by atoms with van der Waals surface area (Å²) >= 11 is 0. The molecule has 0 fully saturated rings. The Bertz CT molecular complexity index is 902. The van der Waals surface area contributed by atoms with Crippen LogP contribution in [0.1, 0.15) is 80.1 Å². The average molecular weight is 379 g/mol. The lowest BCUT2D eigenvalue weighted by Gasteiger charge is -2.42. The van der Waals surface area contributed by atoms with Crippen molar-refractivity contribution in [1.82, 2.24) is 0 Å². The van der Waals surface area contributed by atoms with Crippen molar-refractivity contribution in [3.05, 3.63) is 64.2 Å². The number of benzene rings is 2. The van der Waals surface area contributed by atoms with E-state index < -0.39 is 5.97 Å². The molecule has 0 radical (unpaired) electrons. The normalized spacial score (nSPS) is 17.3. The fraction of sp³-hybridized carbons (Fsp3) is 0.400. The van der Waals surface area contributed by atoms with Gasteiger partial charge in [0, 0.05) is 5.56 Å². The van der Waals surface area contributed by atoms with Crippen LogP contribution in [0.3, 0.4) is 0 Å². The van der Waals surface area contributed by atoms with Gasteiger partial charge in [-0.1, -0.05) is 52.0 Å². The number of carbonyl (C=O) groups is 1. The first kappa shape index (κ1) is 20.2. The van der Waals surface area contributed by atoms with Crippen molar-refractivity contribution in [2.24, 2.45) is 0 Å². The number of hydrogen-bond donors (Lipinski definition) is 1. The van der Waals surface area contributed by atoms with E-state index in [0.717, 1.165) is 16.9 Å². The van der Waals surface area contributed by atoms with Crippen molar-refractivity contribution in [3.63, 3.8) is 0 Å². The molecule has 0 amide bonds. The molecule has 1 aliphatic carbocycles. The van der Waals surface area contributed by atoms with Gasteiger partial charge < -0.3 is 9.84 Å². The summed E-state index contributed by atoms with van der Waals surface area (Å²) < 4.78 is 5.97. The maximum atomic E-state index is 11.0. The third-order valence-electron chi connectivity index (χ3n) is 5.90. The van der Waals surface area contributed by atoms with Gasteiger partial charge in [-0.2, -0.15) is 0 Å². The smallest absolute Gasteiger partial charge is 0.335 e. The molecule has 3 heteroatoms. The first-order valence-electron chi connectivity index (χ1n) is 9.97.